The van der Waals surface area contributed by atoms with Gasteiger partial charge in [0, 0.05) is 18.4 Å². The molecule has 1 heterocycles. The molecule has 1 saturated heterocycles. The fourth-order valence-corrected chi connectivity index (χ4v) is 3.09. The largest absolute Gasteiger partial charge is 0.325 e. The van der Waals surface area contributed by atoms with Crippen molar-refractivity contribution in [3.63, 3.8) is 0 Å². The standard InChI is InChI=1S/C16H19F2N3O3S/c1-9(13(22)19-12-5-4-10(17)8-11(12)18)25-7-6-21-14(23)16(2,3)20-15(21)24/h4-5,8-9H,6-7H2,1-3H3,(H,19,22)(H,20,24). The summed E-state index contributed by atoms with van der Waals surface area (Å²) in [5.41, 5.74) is -1.03. The van der Waals surface area contributed by atoms with Crippen molar-refractivity contribution in [2.24, 2.45) is 0 Å². The van der Waals surface area contributed by atoms with E-state index in [9.17, 15) is 23.2 Å². The lowest BCUT2D eigenvalue weighted by Gasteiger charge is -2.17. The van der Waals surface area contributed by atoms with Crippen LogP contribution in [-0.2, 0) is 9.59 Å². The summed E-state index contributed by atoms with van der Waals surface area (Å²) in [7, 11) is 0. The van der Waals surface area contributed by atoms with Crippen LogP contribution in [0.5, 0.6) is 0 Å². The molecule has 0 saturated carbocycles. The first-order chi connectivity index (χ1) is 11.6. The molecule has 1 unspecified atom stereocenters. The Hall–Kier alpha value is -2.16. The highest BCUT2D eigenvalue weighted by molar-refractivity contribution is 8.00. The van der Waals surface area contributed by atoms with Crippen LogP contribution >= 0.6 is 11.8 Å². The minimum absolute atomic E-state index is 0.102. The van der Waals surface area contributed by atoms with Crippen LogP contribution in [0.1, 0.15) is 20.8 Å². The topological polar surface area (TPSA) is 78.5 Å². The first-order valence-electron chi connectivity index (χ1n) is 7.63. The van der Waals surface area contributed by atoms with Crippen LogP contribution in [0.25, 0.3) is 0 Å². The highest BCUT2D eigenvalue weighted by atomic mass is 32.2. The molecule has 1 aliphatic rings. The van der Waals surface area contributed by atoms with Crippen molar-refractivity contribution in [2.75, 3.05) is 17.6 Å². The lowest BCUT2D eigenvalue weighted by atomic mass is 10.1. The SMILES string of the molecule is CC(SCCN1C(=O)NC(C)(C)C1=O)C(=O)Nc1ccc(F)cc1F. The number of hydrogen-bond donors (Lipinski definition) is 2. The van der Waals surface area contributed by atoms with E-state index in [0.29, 0.717) is 11.8 Å². The predicted octanol–water partition coefficient (Wildman–Crippen LogP) is 2.36. The van der Waals surface area contributed by atoms with Crippen LogP contribution in [0.2, 0.25) is 0 Å². The number of hydrogen-bond acceptors (Lipinski definition) is 4. The van der Waals surface area contributed by atoms with Crippen molar-refractivity contribution in [3.8, 4) is 0 Å². The number of anilines is 1. The molecule has 0 radical (unpaired) electrons. The predicted molar refractivity (Wildman–Crippen MR) is 91.2 cm³/mol. The molecule has 9 heteroatoms. The molecule has 1 aromatic carbocycles. The number of rotatable bonds is 6. The van der Waals surface area contributed by atoms with E-state index in [4.69, 9.17) is 0 Å². The molecule has 0 bridgehead atoms. The van der Waals surface area contributed by atoms with Crippen LogP contribution in [0.15, 0.2) is 18.2 Å². The maximum absolute atomic E-state index is 13.5. The zero-order valence-corrected chi connectivity index (χ0v) is 14.9. The number of benzene rings is 1. The van der Waals surface area contributed by atoms with E-state index in [-0.39, 0.29) is 18.1 Å². The molecule has 1 fully saturated rings. The molecular weight excluding hydrogens is 352 g/mol. The number of halogens is 2. The first kappa shape index (κ1) is 19.2. The van der Waals surface area contributed by atoms with Gasteiger partial charge in [-0.25, -0.2) is 13.6 Å². The third-order valence-corrected chi connectivity index (χ3v) is 4.82. The summed E-state index contributed by atoms with van der Waals surface area (Å²) >= 11 is 1.22. The third kappa shape index (κ3) is 4.47. The monoisotopic (exact) mass is 371 g/mol. The van der Waals surface area contributed by atoms with Gasteiger partial charge >= 0.3 is 6.03 Å². The van der Waals surface area contributed by atoms with Gasteiger partial charge < -0.3 is 10.6 Å². The number of urea groups is 1. The number of thioether (sulfide) groups is 1. The molecular formula is C16H19F2N3O3S. The summed E-state index contributed by atoms with van der Waals surface area (Å²) in [5.74, 6) is -1.99. The van der Waals surface area contributed by atoms with E-state index in [0.717, 1.165) is 17.0 Å². The van der Waals surface area contributed by atoms with Crippen molar-refractivity contribution < 1.29 is 23.2 Å². The van der Waals surface area contributed by atoms with E-state index >= 15 is 0 Å². The van der Waals surface area contributed by atoms with Crippen LogP contribution in [0, 0.1) is 11.6 Å². The van der Waals surface area contributed by atoms with Crippen LogP contribution < -0.4 is 10.6 Å². The van der Waals surface area contributed by atoms with E-state index in [1.807, 2.05) is 0 Å². The Labute approximate surface area is 148 Å². The van der Waals surface area contributed by atoms with Gasteiger partial charge in [0.05, 0.1) is 10.9 Å². The van der Waals surface area contributed by atoms with Gasteiger partial charge in [0.2, 0.25) is 5.91 Å². The van der Waals surface area contributed by atoms with Crippen molar-refractivity contribution in [2.45, 2.75) is 31.6 Å². The fraction of sp³-hybridized carbons (Fsp3) is 0.438. The van der Waals surface area contributed by atoms with Gasteiger partial charge in [0.1, 0.15) is 17.2 Å². The Bertz CT molecular complexity index is 712. The van der Waals surface area contributed by atoms with Gasteiger partial charge in [-0.05, 0) is 32.9 Å². The first-order valence-corrected chi connectivity index (χ1v) is 8.68. The van der Waals surface area contributed by atoms with Gasteiger partial charge in [0.15, 0.2) is 0 Å². The van der Waals surface area contributed by atoms with Crippen LogP contribution in [0.3, 0.4) is 0 Å². The van der Waals surface area contributed by atoms with Gasteiger partial charge in [0.25, 0.3) is 5.91 Å². The average molecular weight is 371 g/mol. The molecule has 0 aromatic heterocycles. The molecule has 2 rings (SSSR count). The Morgan fingerprint density at radius 2 is 2.04 bits per heavy atom. The quantitative estimate of drug-likeness (QED) is 0.753. The summed E-state index contributed by atoms with van der Waals surface area (Å²) in [4.78, 5) is 36.9. The second-order valence-corrected chi connectivity index (χ2v) is 7.59. The number of carbonyl (C=O) groups excluding carboxylic acids is 3. The van der Waals surface area contributed by atoms with Gasteiger partial charge in [-0.2, -0.15) is 0 Å². The summed E-state index contributed by atoms with van der Waals surface area (Å²) < 4.78 is 26.4. The van der Waals surface area contributed by atoms with Gasteiger partial charge in [-0.3, -0.25) is 14.5 Å². The summed E-state index contributed by atoms with van der Waals surface area (Å²) in [6.07, 6.45) is 0. The number of amides is 4. The highest BCUT2D eigenvalue weighted by Crippen LogP contribution is 2.20. The second-order valence-electron chi connectivity index (χ2n) is 6.14. The molecule has 0 spiro atoms. The van der Waals surface area contributed by atoms with E-state index in [1.165, 1.54) is 11.8 Å². The molecule has 4 amide bonds. The third-order valence-electron chi connectivity index (χ3n) is 3.69. The second kappa shape index (κ2) is 7.38. The van der Waals surface area contributed by atoms with Crippen molar-refractivity contribution in [1.29, 1.82) is 0 Å². The molecule has 2 N–H and O–H groups in total. The van der Waals surface area contributed by atoms with E-state index in [2.05, 4.69) is 10.6 Å². The molecule has 1 atom stereocenters. The molecule has 136 valence electrons. The minimum atomic E-state index is -0.926. The van der Waals surface area contributed by atoms with Crippen LogP contribution in [0.4, 0.5) is 19.3 Å². The van der Waals surface area contributed by atoms with Crippen LogP contribution in [-0.4, -0.2) is 45.8 Å². The maximum Gasteiger partial charge on any atom is 0.325 e. The average Bonchev–Trinajstić information content (AvgIpc) is 2.71. The van der Waals surface area contributed by atoms with Crippen molar-refractivity contribution in [1.82, 2.24) is 10.2 Å². The van der Waals surface area contributed by atoms with Crippen molar-refractivity contribution >= 4 is 35.3 Å². The van der Waals surface area contributed by atoms with Crippen molar-refractivity contribution in [3.05, 3.63) is 29.8 Å². The summed E-state index contributed by atoms with van der Waals surface area (Å²) in [6, 6.07) is 2.43. The number of nitrogens with zero attached hydrogens (tertiary/aromatic N) is 1. The maximum atomic E-state index is 13.5. The smallest absolute Gasteiger partial charge is 0.324 e. The molecule has 1 aliphatic heterocycles. The Balaban J connectivity index is 1.84. The Morgan fingerprint density at radius 1 is 1.36 bits per heavy atom. The van der Waals surface area contributed by atoms with Gasteiger partial charge in [-0.1, -0.05) is 0 Å². The number of nitrogens with one attached hydrogen (secondary N) is 2. The molecule has 6 nitrogen and oxygen atoms in total. The zero-order valence-electron chi connectivity index (χ0n) is 14.1. The van der Waals surface area contributed by atoms with E-state index in [1.54, 1.807) is 20.8 Å². The lowest BCUT2D eigenvalue weighted by Crippen LogP contribution is -2.40. The van der Waals surface area contributed by atoms with E-state index < -0.39 is 34.4 Å². The lowest BCUT2D eigenvalue weighted by molar-refractivity contribution is -0.130. The Morgan fingerprint density at radius 3 is 2.60 bits per heavy atom. The normalized spacial score (nSPS) is 17.4. The fourth-order valence-electron chi connectivity index (χ4n) is 2.24. The zero-order chi connectivity index (χ0) is 18.8. The summed E-state index contributed by atoms with van der Waals surface area (Å²) in [5, 5.41) is 4.42. The molecule has 1 aromatic rings. The molecule has 0 aliphatic carbocycles. The highest BCUT2D eigenvalue weighted by Gasteiger charge is 2.43. The summed E-state index contributed by atoms with van der Waals surface area (Å²) in [6.45, 7) is 5.03. The number of carbonyl (C=O) groups is 3. The Kier molecular flexibility index (Phi) is 5.66. The molecule has 25 heavy (non-hydrogen) atoms. The van der Waals surface area contributed by atoms with Gasteiger partial charge in [-0.15, -0.1) is 11.8 Å². The number of imide groups is 1. The minimum Gasteiger partial charge on any atom is -0.324 e.